The highest BCUT2D eigenvalue weighted by Gasteiger charge is 2.11. The quantitative estimate of drug-likeness (QED) is 0.501. The lowest BCUT2D eigenvalue weighted by atomic mass is 10.3. The molecule has 2 rings (SSSR count). The summed E-state index contributed by atoms with van der Waals surface area (Å²) in [4.78, 5) is 17.8. The first kappa shape index (κ1) is 13.0. The molecule has 0 radical (unpaired) electrons. The zero-order valence-corrected chi connectivity index (χ0v) is 10.2. The molecule has 2 aromatic rings. The van der Waals surface area contributed by atoms with Crippen LogP contribution in [0.1, 0.15) is 0 Å². The van der Waals surface area contributed by atoms with Gasteiger partial charge in [-0.15, -0.1) is 0 Å². The van der Waals surface area contributed by atoms with Gasteiger partial charge < -0.3 is 4.74 Å². The molecule has 8 nitrogen and oxygen atoms in total. The van der Waals surface area contributed by atoms with E-state index in [2.05, 4.69) is 15.4 Å². The summed E-state index contributed by atoms with van der Waals surface area (Å²) in [5.74, 6) is 5.56. The highest BCUT2D eigenvalue weighted by molar-refractivity contribution is 6.31. The monoisotopic (exact) mass is 281 g/mol. The third-order valence-corrected chi connectivity index (χ3v) is 2.34. The van der Waals surface area contributed by atoms with Crippen LogP contribution >= 0.6 is 11.6 Å². The summed E-state index contributed by atoms with van der Waals surface area (Å²) in [7, 11) is 0. The van der Waals surface area contributed by atoms with Gasteiger partial charge >= 0.3 is 0 Å². The van der Waals surface area contributed by atoms with Gasteiger partial charge in [0, 0.05) is 6.07 Å². The van der Waals surface area contributed by atoms with Crippen molar-refractivity contribution >= 4 is 23.2 Å². The van der Waals surface area contributed by atoms with Crippen molar-refractivity contribution in [3.8, 4) is 11.6 Å². The molecule has 0 aliphatic heterocycles. The van der Waals surface area contributed by atoms with Crippen LogP contribution in [-0.2, 0) is 0 Å². The van der Waals surface area contributed by atoms with Crippen LogP contribution in [0.3, 0.4) is 0 Å². The molecular formula is C10H8ClN5O3. The van der Waals surface area contributed by atoms with Crippen LogP contribution in [0.25, 0.3) is 0 Å². The average molecular weight is 282 g/mol. The molecule has 0 bridgehead atoms. The smallest absolute Gasteiger partial charge is 0.273 e. The highest BCUT2D eigenvalue weighted by Crippen LogP contribution is 2.29. The summed E-state index contributed by atoms with van der Waals surface area (Å²) in [5, 5.41) is 10.8. The first-order valence-corrected chi connectivity index (χ1v) is 5.39. The van der Waals surface area contributed by atoms with Gasteiger partial charge in [0.2, 0.25) is 11.8 Å². The minimum Gasteiger partial charge on any atom is -0.437 e. The fourth-order valence-electron chi connectivity index (χ4n) is 1.26. The van der Waals surface area contributed by atoms with Gasteiger partial charge in [0.1, 0.15) is 10.8 Å². The second kappa shape index (κ2) is 5.46. The first-order chi connectivity index (χ1) is 9.10. The minimum atomic E-state index is -0.526. The van der Waals surface area contributed by atoms with Crippen LogP contribution in [0.2, 0.25) is 5.02 Å². The molecule has 3 N–H and O–H groups in total. The average Bonchev–Trinajstić information content (AvgIpc) is 2.41. The topological polar surface area (TPSA) is 116 Å². The van der Waals surface area contributed by atoms with Crippen LogP contribution in [0, 0.1) is 10.1 Å². The zero-order valence-electron chi connectivity index (χ0n) is 9.41. The van der Waals surface area contributed by atoms with E-state index in [9.17, 15) is 10.1 Å². The van der Waals surface area contributed by atoms with Crippen LogP contribution < -0.4 is 16.0 Å². The maximum Gasteiger partial charge on any atom is 0.273 e. The number of nitrogens with two attached hydrogens (primary N) is 1. The summed E-state index contributed by atoms with van der Waals surface area (Å²) in [6, 6.07) is 5.64. The lowest BCUT2D eigenvalue weighted by Gasteiger charge is -2.07. The number of nitro benzene ring substituents is 1. The van der Waals surface area contributed by atoms with Crippen molar-refractivity contribution in [1.82, 2.24) is 9.97 Å². The lowest BCUT2D eigenvalue weighted by Crippen LogP contribution is -2.10. The fraction of sp³-hybridized carbons (Fsp3) is 0. The van der Waals surface area contributed by atoms with E-state index in [0.29, 0.717) is 0 Å². The lowest BCUT2D eigenvalue weighted by molar-refractivity contribution is -0.384. The normalized spacial score (nSPS) is 10.0. The molecule has 98 valence electrons. The maximum absolute atomic E-state index is 10.6. The van der Waals surface area contributed by atoms with Crippen molar-refractivity contribution in [1.29, 1.82) is 0 Å². The van der Waals surface area contributed by atoms with Crippen LogP contribution in [0.15, 0.2) is 30.5 Å². The summed E-state index contributed by atoms with van der Waals surface area (Å²) < 4.78 is 5.36. The van der Waals surface area contributed by atoms with Gasteiger partial charge in [0.05, 0.1) is 17.2 Å². The Bertz CT molecular complexity index is 622. The maximum atomic E-state index is 10.6. The number of nitro groups is 1. The van der Waals surface area contributed by atoms with Gasteiger partial charge in [-0.3, -0.25) is 15.5 Å². The van der Waals surface area contributed by atoms with Crippen LogP contribution in [-0.4, -0.2) is 14.9 Å². The number of hydrogen-bond acceptors (Lipinski definition) is 7. The van der Waals surface area contributed by atoms with E-state index in [4.69, 9.17) is 22.2 Å². The Kier molecular flexibility index (Phi) is 3.74. The molecule has 9 heteroatoms. The van der Waals surface area contributed by atoms with Crippen molar-refractivity contribution in [2.45, 2.75) is 0 Å². The molecule has 0 aliphatic carbocycles. The van der Waals surface area contributed by atoms with Gasteiger partial charge in [0.25, 0.3) is 5.69 Å². The van der Waals surface area contributed by atoms with E-state index in [0.717, 1.165) is 0 Å². The Balaban J connectivity index is 2.30. The van der Waals surface area contributed by atoms with Gasteiger partial charge in [0.15, 0.2) is 0 Å². The molecule has 0 amide bonds. The number of halogens is 1. The van der Waals surface area contributed by atoms with Gasteiger partial charge in [-0.2, -0.15) is 4.98 Å². The number of hydrogen-bond donors (Lipinski definition) is 2. The number of non-ortho nitro benzene ring substituents is 1. The highest BCUT2D eigenvalue weighted by atomic mass is 35.5. The standard InChI is InChI=1S/C10H8ClN5O3/c11-8-5-13-10(15-12)14-9(8)19-7-3-1-2-6(4-7)16(17)18/h1-5H,12H2,(H,13,14,15). The SMILES string of the molecule is NNc1ncc(Cl)c(Oc2cccc([N+](=O)[O-])c2)n1. The number of rotatable bonds is 4. The van der Waals surface area contributed by atoms with Crippen LogP contribution in [0.5, 0.6) is 11.6 Å². The summed E-state index contributed by atoms with van der Waals surface area (Å²) >= 11 is 5.85. The number of benzene rings is 1. The molecule has 0 atom stereocenters. The predicted octanol–water partition coefficient (Wildman–Crippen LogP) is 2.12. The van der Waals surface area contributed by atoms with Gasteiger partial charge in [-0.1, -0.05) is 17.7 Å². The van der Waals surface area contributed by atoms with E-state index in [1.807, 2.05) is 0 Å². The number of nitrogens with zero attached hydrogens (tertiary/aromatic N) is 3. The second-order valence-corrected chi connectivity index (χ2v) is 3.75. The molecule has 0 aliphatic rings. The Morgan fingerprint density at radius 3 is 2.95 bits per heavy atom. The zero-order chi connectivity index (χ0) is 13.8. The third-order valence-electron chi connectivity index (χ3n) is 2.08. The number of ether oxygens (including phenoxy) is 1. The van der Waals surface area contributed by atoms with E-state index >= 15 is 0 Å². The predicted molar refractivity (Wildman–Crippen MR) is 68.0 cm³/mol. The number of aromatic nitrogens is 2. The number of nitrogen functional groups attached to an aromatic ring is 1. The van der Waals surface area contributed by atoms with Crippen molar-refractivity contribution in [2.24, 2.45) is 5.84 Å². The third kappa shape index (κ3) is 3.06. The molecule has 0 saturated carbocycles. The van der Waals surface area contributed by atoms with E-state index < -0.39 is 4.92 Å². The molecule has 1 heterocycles. The fourth-order valence-corrected chi connectivity index (χ4v) is 1.39. The van der Waals surface area contributed by atoms with Crippen molar-refractivity contribution in [3.63, 3.8) is 0 Å². The molecule has 0 saturated heterocycles. The summed E-state index contributed by atoms with van der Waals surface area (Å²) in [6.45, 7) is 0. The Morgan fingerprint density at radius 1 is 1.47 bits per heavy atom. The van der Waals surface area contributed by atoms with Gasteiger partial charge in [-0.25, -0.2) is 10.8 Å². The van der Waals surface area contributed by atoms with Crippen LogP contribution in [0.4, 0.5) is 11.6 Å². The van der Waals surface area contributed by atoms with Crippen molar-refractivity contribution < 1.29 is 9.66 Å². The molecule has 1 aromatic heterocycles. The van der Waals surface area contributed by atoms with Crippen molar-refractivity contribution in [3.05, 3.63) is 45.6 Å². The Morgan fingerprint density at radius 2 is 2.26 bits per heavy atom. The number of nitrogens with one attached hydrogen (secondary N) is 1. The Labute approximate surface area is 112 Å². The summed E-state index contributed by atoms with van der Waals surface area (Å²) in [5.41, 5.74) is 2.14. The Hall–Kier alpha value is -2.45. The molecule has 0 unspecified atom stereocenters. The number of hydrazine groups is 1. The first-order valence-electron chi connectivity index (χ1n) is 5.01. The summed E-state index contributed by atoms with van der Waals surface area (Å²) in [6.07, 6.45) is 1.30. The minimum absolute atomic E-state index is 0.0464. The molecule has 0 fully saturated rings. The molecule has 1 aromatic carbocycles. The second-order valence-electron chi connectivity index (χ2n) is 3.35. The molecule has 0 spiro atoms. The molecule has 19 heavy (non-hydrogen) atoms. The van der Waals surface area contributed by atoms with Gasteiger partial charge in [-0.05, 0) is 6.07 Å². The van der Waals surface area contributed by atoms with E-state index in [1.165, 1.54) is 24.4 Å². The van der Waals surface area contributed by atoms with E-state index in [1.54, 1.807) is 6.07 Å². The molecular weight excluding hydrogens is 274 g/mol. The van der Waals surface area contributed by atoms with E-state index in [-0.39, 0.29) is 28.3 Å². The largest absolute Gasteiger partial charge is 0.437 e. The number of anilines is 1. The van der Waals surface area contributed by atoms with Crippen molar-refractivity contribution in [2.75, 3.05) is 5.43 Å².